The van der Waals surface area contributed by atoms with Crippen LogP contribution in [0.15, 0.2) is 35.2 Å². The molecule has 0 amide bonds. The maximum atomic E-state index is 4.37. The van der Waals surface area contributed by atoms with E-state index in [0.29, 0.717) is 6.04 Å². The Morgan fingerprint density at radius 1 is 1.32 bits per heavy atom. The molecule has 0 bridgehead atoms. The van der Waals surface area contributed by atoms with Crippen LogP contribution in [0.3, 0.4) is 0 Å². The smallest absolute Gasteiger partial charge is 0.0596 e. The molecule has 4 heteroatoms. The number of thioether (sulfide) groups is 1. The molecule has 1 unspecified atom stereocenters. The Bertz CT molecular complexity index is 531. The highest BCUT2D eigenvalue weighted by Crippen LogP contribution is 2.24. The van der Waals surface area contributed by atoms with Crippen molar-refractivity contribution in [1.29, 1.82) is 0 Å². The molecule has 3 nitrogen and oxygen atoms in total. The van der Waals surface area contributed by atoms with E-state index in [1.54, 1.807) is 0 Å². The zero-order valence-electron chi connectivity index (χ0n) is 12.0. The van der Waals surface area contributed by atoms with Crippen LogP contribution in [0.25, 0.3) is 0 Å². The van der Waals surface area contributed by atoms with Crippen molar-refractivity contribution in [2.75, 3.05) is 7.05 Å². The Morgan fingerprint density at radius 3 is 2.53 bits per heavy atom. The summed E-state index contributed by atoms with van der Waals surface area (Å²) in [5, 5.41) is 7.62. The molecule has 2 aromatic rings. The second-order valence-corrected chi connectivity index (χ2v) is 5.82. The largest absolute Gasteiger partial charge is 0.313 e. The number of hydrogen-bond acceptors (Lipinski definition) is 3. The summed E-state index contributed by atoms with van der Waals surface area (Å²) in [5.41, 5.74) is 3.66. The SMILES string of the molecule is CNC(C)c1ccc(SCc2cc(C)nn2C)cc1. The zero-order chi connectivity index (χ0) is 13.8. The number of benzene rings is 1. The third-order valence-electron chi connectivity index (χ3n) is 3.30. The molecule has 1 aromatic carbocycles. The van der Waals surface area contributed by atoms with Crippen LogP contribution >= 0.6 is 11.8 Å². The van der Waals surface area contributed by atoms with Gasteiger partial charge in [-0.15, -0.1) is 11.8 Å². The van der Waals surface area contributed by atoms with E-state index in [0.717, 1.165) is 11.4 Å². The zero-order valence-corrected chi connectivity index (χ0v) is 12.8. The molecule has 0 aliphatic carbocycles. The van der Waals surface area contributed by atoms with E-state index in [9.17, 15) is 0 Å². The van der Waals surface area contributed by atoms with Gasteiger partial charge >= 0.3 is 0 Å². The molecule has 0 aliphatic heterocycles. The van der Waals surface area contributed by atoms with Crippen LogP contribution in [0.1, 0.15) is 29.9 Å². The number of nitrogens with zero attached hydrogens (tertiary/aromatic N) is 2. The van der Waals surface area contributed by atoms with Crippen LogP contribution in [-0.2, 0) is 12.8 Å². The van der Waals surface area contributed by atoms with Crippen molar-refractivity contribution in [3.8, 4) is 0 Å². The number of nitrogens with one attached hydrogen (secondary N) is 1. The second kappa shape index (κ2) is 6.26. The quantitative estimate of drug-likeness (QED) is 0.849. The molecule has 102 valence electrons. The predicted molar refractivity (Wildman–Crippen MR) is 81.4 cm³/mol. The molecule has 0 aliphatic rings. The molecule has 0 fully saturated rings. The third-order valence-corrected chi connectivity index (χ3v) is 4.34. The monoisotopic (exact) mass is 275 g/mol. The molecule has 1 atom stereocenters. The van der Waals surface area contributed by atoms with Gasteiger partial charge in [0.1, 0.15) is 0 Å². The number of rotatable bonds is 5. The van der Waals surface area contributed by atoms with E-state index < -0.39 is 0 Å². The first-order valence-corrected chi connectivity index (χ1v) is 7.48. The highest BCUT2D eigenvalue weighted by Gasteiger charge is 2.05. The predicted octanol–water partition coefficient (Wildman–Crippen LogP) is 3.30. The van der Waals surface area contributed by atoms with Gasteiger partial charge in [-0.2, -0.15) is 5.10 Å². The van der Waals surface area contributed by atoms with Crippen LogP contribution in [-0.4, -0.2) is 16.8 Å². The highest BCUT2D eigenvalue weighted by atomic mass is 32.2. The summed E-state index contributed by atoms with van der Waals surface area (Å²) >= 11 is 1.85. The molecule has 1 aromatic heterocycles. The molecule has 1 N–H and O–H groups in total. The summed E-state index contributed by atoms with van der Waals surface area (Å²) in [6, 6.07) is 11.3. The van der Waals surface area contributed by atoms with E-state index in [4.69, 9.17) is 0 Å². The van der Waals surface area contributed by atoms with Crippen LogP contribution in [0.2, 0.25) is 0 Å². The van der Waals surface area contributed by atoms with Crippen molar-refractivity contribution >= 4 is 11.8 Å². The minimum absolute atomic E-state index is 0.402. The van der Waals surface area contributed by atoms with Crippen molar-refractivity contribution < 1.29 is 0 Å². The van der Waals surface area contributed by atoms with Crippen molar-refractivity contribution in [1.82, 2.24) is 15.1 Å². The number of hydrogen-bond donors (Lipinski definition) is 1. The van der Waals surface area contributed by atoms with Crippen molar-refractivity contribution in [2.24, 2.45) is 7.05 Å². The Morgan fingerprint density at radius 2 is 2.00 bits per heavy atom. The molecule has 0 radical (unpaired) electrons. The Balaban J connectivity index is 1.98. The van der Waals surface area contributed by atoms with Crippen molar-refractivity contribution in [2.45, 2.75) is 30.5 Å². The van der Waals surface area contributed by atoms with Crippen LogP contribution < -0.4 is 5.32 Å². The van der Waals surface area contributed by atoms with E-state index >= 15 is 0 Å². The maximum absolute atomic E-state index is 4.37. The van der Waals surface area contributed by atoms with Gasteiger partial charge < -0.3 is 5.32 Å². The normalized spacial score (nSPS) is 12.6. The molecular weight excluding hydrogens is 254 g/mol. The Labute approximate surface area is 119 Å². The molecule has 19 heavy (non-hydrogen) atoms. The van der Waals surface area contributed by atoms with Gasteiger partial charge in [0.2, 0.25) is 0 Å². The van der Waals surface area contributed by atoms with Gasteiger partial charge in [-0.25, -0.2) is 0 Å². The summed E-state index contributed by atoms with van der Waals surface area (Å²) in [6.45, 7) is 4.20. The maximum Gasteiger partial charge on any atom is 0.0596 e. The molecule has 2 rings (SSSR count). The summed E-state index contributed by atoms with van der Waals surface area (Å²) < 4.78 is 1.96. The first-order chi connectivity index (χ1) is 9.10. The molecule has 0 saturated carbocycles. The van der Waals surface area contributed by atoms with Gasteiger partial charge in [0.25, 0.3) is 0 Å². The topological polar surface area (TPSA) is 29.9 Å². The van der Waals surface area contributed by atoms with Gasteiger partial charge in [-0.05, 0) is 44.7 Å². The molecule has 0 saturated heterocycles. The average molecular weight is 275 g/mol. The fourth-order valence-electron chi connectivity index (χ4n) is 1.98. The second-order valence-electron chi connectivity index (χ2n) is 4.77. The minimum atomic E-state index is 0.402. The highest BCUT2D eigenvalue weighted by molar-refractivity contribution is 7.98. The average Bonchev–Trinajstić information content (AvgIpc) is 2.74. The van der Waals surface area contributed by atoms with Crippen LogP contribution in [0.5, 0.6) is 0 Å². The summed E-state index contributed by atoms with van der Waals surface area (Å²) in [6.07, 6.45) is 0. The van der Waals surface area contributed by atoms with Gasteiger partial charge in [0, 0.05) is 29.4 Å². The van der Waals surface area contributed by atoms with Crippen molar-refractivity contribution in [3.63, 3.8) is 0 Å². The first-order valence-electron chi connectivity index (χ1n) is 6.49. The lowest BCUT2D eigenvalue weighted by atomic mass is 10.1. The third kappa shape index (κ3) is 3.61. The fraction of sp³-hybridized carbons (Fsp3) is 0.400. The summed E-state index contributed by atoms with van der Waals surface area (Å²) in [5.74, 6) is 0.957. The van der Waals surface area contributed by atoms with E-state index in [1.807, 2.05) is 37.5 Å². The van der Waals surface area contributed by atoms with Gasteiger partial charge in [-0.1, -0.05) is 12.1 Å². The molecule has 0 spiro atoms. The minimum Gasteiger partial charge on any atom is -0.313 e. The van der Waals surface area contributed by atoms with Gasteiger partial charge in [-0.3, -0.25) is 4.68 Å². The van der Waals surface area contributed by atoms with Gasteiger partial charge in [0.05, 0.1) is 5.69 Å². The fourth-order valence-corrected chi connectivity index (χ4v) is 2.89. The van der Waals surface area contributed by atoms with E-state index in [1.165, 1.54) is 16.2 Å². The molecular formula is C15H21N3S. The van der Waals surface area contributed by atoms with E-state index in [-0.39, 0.29) is 0 Å². The van der Waals surface area contributed by atoms with E-state index in [2.05, 4.69) is 47.7 Å². The number of aromatic nitrogens is 2. The lowest BCUT2D eigenvalue weighted by molar-refractivity contribution is 0.652. The first kappa shape index (κ1) is 14.2. The van der Waals surface area contributed by atoms with Crippen LogP contribution in [0, 0.1) is 6.92 Å². The van der Waals surface area contributed by atoms with Crippen molar-refractivity contribution in [3.05, 3.63) is 47.3 Å². The number of aryl methyl sites for hydroxylation is 2. The summed E-state index contributed by atoms with van der Waals surface area (Å²) in [4.78, 5) is 1.30. The Hall–Kier alpha value is -1.26. The standard InChI is InChI=1S/C15H21N3S/c1-11-9-14(18(4)17-11)10-19-15-7-5-13(6-8-15)12(2)16-3/h5-9,12,16H,10H2,1-4H3. The molecule has 1 heterocycles. The lowest BCUT2D eigenvalue weighted by Gasteiger charge is -2.11. The lowest BCUT2D eigenvalue weighted by Crippen LogP contribution is -2.11. The summed E-state index contributed by atoms with van der Waals surface area (Å²) in [7, 11) is 3.98. The van der Waals surface area contributed by atoms with Gasteiger partial charge in [0.15, 0.2) is 0 Å². The van der Waals surface area contributed by atoms with Crippen LogP contribution in [0.4, 0.5) is 0 Å². The Kier molecular flexibility index (Phi) is 4.66.